The highest BCUT2D eigenvalue weighted by Crippen LogP contribution is 2.39. The lowest BCUT2D eigenvalue weighted by Crippen LogP contribution is -2.24. The molecule has 1 heterocycles. The number of rotatable bonds is 5. The summed E-state index contributed by atoms with van der Waals surface area (Å²) in [5.74, 6) is 2.71. The molecular weight excluding hydrogens is 278 g/mol. The topological polar surface area (TPSA) is 21.3 Å². The molecule has 0 aliphatic carbocycles. The van der Waals surface area contributed by atoms with Crippen LogP contribution >= 0.6 is 11.8 Å². The van der Waals surface area contributed by atoms with Crippen molar-refractivity contribution in [3.05, 3.63) is 59.7 Å². The van der Waals surface area contributed by atoms with E-state index in [1.165, 1.54) is 21.8 Å². The van der Waals surface area contributed by atoms with Gasteiger partial charge in [-0.3, -0.25) is 0 Å². The summed E-state index contributed by atoms with van der Waals surface area (Å²) in [6, 6.07) is 17.4. The fourth-order valence-corrected chi connectivity index (χ4v) is 3.98. The molecular formula is C18H21NOS. The molecule has 3 rings (SSSR count). The first-order valence-corrected chi connectivity index (χ1v) is 8.35. The third-order valence-corrected chi connectivity index (χ3v) is 5.34. The largest absolute Gasteiger partial charge is 0.497 e. The Morgan fingerprint density at radius 3 is 2.71 bits per heavy atom. The number of nitrogens with one attached hydrogen (secondary N) is 1. The molecule has 2 atom stereocenters. The molecule has 0 saturated heterocycles. The van der Waals surface area contributed by atoms with Gasteiger partial charge in [-0.05, 0) is 36.2 Å². The second kappa shape index (κ2) is 6.54. The lowest BCUT2D eigenvalue weighted by atomic mass is 10.0. The Labute approximate surface area is 130 Å². The summed E-state index contributed by atoms with van der Waals surface area (Å²) in [4.78, 5) is 1.45. The minimum absolute atomic E-state index is 0.355. The van der Waals surface area contributed by atoms with Gasteiger partial charge in [0.15, 0.2) is 0 Å². The van der Waals surface area contributed by atoms with Crippen LogP contribution in [0.15, 0.2) is 53.4 Å². The van der Waals surface area contributed by atoms with Crippen LogP contribution in [0.2, 0.25) is 0 Å². The highest BCUT2D eigenvalue weighted by atomic mass is 32.2. The molecule has 0 fully saturated rings. The first-order valence-electron chi connectivity index (χ1n) is 7.37. The molecule has 3 heteroatoms. The number of hydrogen-bond donors (Lipinski definition) is 1. The molecule has 1 N–H and O–H groups in total. The van der Waals surface area contributed by atoms with Gasteiger partial charge in [0.1, 0.15) is 5.75 Å². The van der Waals surface area contributed by atoms with Crippen molar-refractivity contribution >= 4 is 11.8 Å². The lowest BCUT2D eigenvalue weighted by molar-refractivity contribution is 0.414. The first kappa shape index (κ1) is 14.5. The van der Waals surface area contributed by atoms with Crippen molar-refractivity contribution < 1.29 is 4.74 Å². The van der Waals surface area contributed by atoms with Gasteiger partial charge in [-0.25, -0.2) is 0 Å². The second-order valence-corrected chi connectivity index (χ2v) is 6.51. The number of thioether (sulfide) groups is 1. The summed E-state index contributed by atoms with van der Waals surface area (Å²) in [6.45, 7) is 3.24. The normalized spacial score (nSPS) is 18.3. The summed E-state index contributed by atoms with van der Waals surface area (Å²) in [6.07, 6.45) is 0. The van der Waals surface area contributed by atoms with Crippen LogP contribution in [-0.4, -0.2) is 19.4 Å². The standard InChI is InChI=1S/C18H21NOS/c1-13(14-7-9-16(20-2)10-8-14)19-11-15-12-21-18-6-4-3-5-17(15)18/h3-10,13,15,19H,11-12H2,1-2H3. The summed E-state index contributed by atoms with van der Waals surface area (Å²) >= 11 is 1.97. The summed E-state index contributed by atoms with van der Waals surface area (Å²) in [7, 11) is 1.70. The smallest absolute Gasteiger partial charge is 0.118 e. The number of hydrogen-bond acceptors (Lipinski definition) is 3. The van der Waals surface area contributed by atoms with Crippen LogP contribution in [0.5, 0.6) is 5.75 Å². The maximum absolute atomic E-state index is 5.21. The van der Waals surface area contributed by atoms with E-state index in [0.29, 0.717) is 12.0 Å². The van der Waals surface area contributed by atoms with Crippen LogP contribution in [0.1, 0.15) is 30.0 Å². The molecule has 0 amide bonds. The Balaban J connectivity index is 1.60. The lowest BCUT2D eigenvalue weighted by Gasteiger charge is -2.18. The molecule has 21 heavy (non-hydrogen) atoms. The highest BCUT2D eigenvalue weighted by molar-refractivity contribution is 7.99. The van der Waals surface area contributed by atoms with Gasteiger partial charge in [0, 0.05) is 29.2 Å². The molecule has 2 unspecified atom stereocenters. The van der Waals surface area contributed by atoms with Gasteiger partial charge in [-0.15, -0.1) is 11.8 Å². The molecule has 0 bridgehead atoms. The Hall–Kier alpha value is -1.45. The number of methoxy groups -OCH3 is 1. The maximum atomic E-state index is 5.21. The van der Waals surface area contributed by atoms with Crippen LogP contribution < -0.4 is 10.1 Å². The van der Waals surface area contributed by atoms with Gasteiger partial charge in [0.2, 0.25) is 0 Å². The van der Waals surface area contributed by atoms with Gasteiger partial charge >= 0.3 is 0 Å². The van der Waals surface area contributed by atoms with E-state index >= 15 is 0 Å². The third kappa shape index (κ3) is 3.25. The van der Waals surface area contributed by atoms with Gasteiger partial charge in [-0.1, -0.05) is 30.3 Å². The number of fused-ring (bicyclic) bond motifs is 1. The van der Waals surface area contributed by atoms with Crippen molar-refractivity contribution in [1.29, 1.82) is 0 Å². The number of benzene rings is 2. The minimum Gasteiger partial charge on any atom is -0.497 e. The van der Waals surface area contributed by atoms with Gasteiger partial charge in [0.25, 0.3) is 0 Å². The van der Waals surface area contributed by atoms with Gasteiger partial charge < -0.3 is 10.1 Å². The molecule has 0 saturated carbocycles. The highest BCUT2D eigenvalue weighted by Gasteiger charge is 2.22. The molecule has 2 aromatic carbocycles. The molecule has 0 aromatic heterocycles. The van der Waals surface area contributed by atoms with E-state index in [9.17, 15) is 0 Å². The zero-order chi connectivity index (χ0) is 14.7. The van der Waals surface area contributed by atoms with E-state index in [0.717, 1.165) is 12.3 Å². The van der Waals surface area contributed by atoms with E-state index in [4.69, 9.17) is 4.74 Å². The Morgan fingerprint density at radius 1 is 1.19 bits per heavy atom. The van der Waals surface area contributed by atoms with E-state index in [1.807, 2.05) is 23.9 Å². The van der Waals surface area contributed by atoms with Gasteiger partial charge in [0.05, 0.1) is 7.11 Å². The summed E-state index contributed by atoms with van der Waals surface area (Å²) in [5, 5.41) is 3.67. The fourth-order valence-electron chi connectivity index (χ4n) is 2.73. The SMILES string of the molecule is COc1ccc(C(C)NCC2CSc3ccccc32)cc1. The van der Waals surface area contributed by atoms with Crippen LogP contribution in [0.3, 0.4) is 0 Å². The molecule has 1 aliphatic rings. The molecule has 2 nitrogen and oxygen atoms in total. The summed E-state index contributed by atoms with van der Waals surface area (Å²) < 4.78 is 5.21. The second-order valence-electron chi connectivity index (χ2n) is 5.45. The van der Waals surface area contributed by atoms with Crippen molar-refractivity contribution in [3.8, 4) is 5.75 Å². The average molecular weight is 299 g/mol. The quantitative estimate of drug-likeness (QED) is 0.892. The van der Waals surface area contributed by atoms with Crippen molar-refractivity contribution in [3.63, 3.8) is 0 Å². The van der Waals surface area contributed by atoms with E-state index < -0.39 is 0 Å². The maximum Gasteiger partial charge on any atom is 0.118 e. The van der Waals surface area contributed by atoms with Crippen LogP contribution in [0, 0.1) is 0 Å². The molecule has 110 valence electrons. The molecule has 0 spiro atoms. The predicted molar refractivity (Wildman–Crippen MR) is 89.3 cm³/mol. The molecule has 1 aliphatic heterocycles. The van der Waals surface area contributed by atoms with E-state index in [2.05, 4.69) is 48.6 Å². The summed E-state index contributed by atoms with van der Waals surface area (Å²) in [5.41, 5.74) is 2.80. The monoisotopic (exact) mass is 299 g/mol. The Bertz CT molecular complexity index is 596. The predicted octanol–water partition coefficient (Wildman–Crippen LogP) is 4.24. The number of ether oxygens (including phenoxy) is 1. The Morgan fingerprint density at radius 2 is 1.95 bits per heavy atom. The molecule has 0 radical (unpaired) electrons. The van der Waals surface area contributed by atoms with Crippen LogP contribution in [0.4, 0.5) is 0 Å². The van der Waals surface area contributed by atoms with Gasteiger partial charge in [-0.2, -0.15) is 0 Å². The van der Waals surface area contributed by atoms with Crippen molar-refractivity contribution in [2.45, 2.75) is 23.8 Å². The third-order valence-electron chi connectivity index (χ3n) is 4.09. The Kier molecular flexibility index (Phi) is 4.51. The molecule has 2 aromatic rings. The zero-order valence-electron chi connectivity index (χ0n) is 12.5. The van der Waals surface area contributed by atoms with Crippen LogP contribution in [-0.2, 0) is 0 Å². The zero-order valence-corrected chi connectivity index (χ0v) is 13.3. The van der Waals surface area contributed by atoms with Crippen molar-refractivity contribution in [1.82, 2.24) is 5.32 Å². The van der Waals surface area contributed by atoms with Crippen molar-refractivity contribution in [2.24, 2.45) is 0 Å². The van der Waals surface area contributed by atoms with E-state index in [-0.39, 0.29) is 0 Å². The minimum atomic E-state index is 0.355. The van der Waals surface area contributed by atoms with Crippen molar-refractivity contribution in [2.75, 3.05) is 19.4 Å². The van der Waals surface area contributed by atoms with E-state index in [1.54, 1.807) is 7.11 Å². The first-order chi connectivity index (χ1) is 10.3. The average Bonchev–Trinajstić information content (AvgIpc) is 2.96. The fraction of sp³-hybridized carbons (Fsp3) is 0.333. The van der Waals surface area contributed by atoms with Crippen LogP contribution in [0.25, 0.3) is 0 Å².